The Hall–Kier alpha value is -6.34. The van der Waals surface area contributed by atoms with E-state index in [1.54, 1.807) is 33.8 Å². The lowest BCUT2D eigenvalue weighted by Gasteiger charge is -2.23. The molecule has 4 rings (SSSR count). The molecule has 32 nitrogen and oxygen atoms in total. The lowest BCUT2D eigenvalue weighted by molar-refractivity contribution is -0.123. The molecule has 0 bridgehead atoms. The van der Waals surface area contributed by atoms with Gasteiger partial charge in [0.25, 0.3) is 5.91 Å². The number of aryl methyl sites for hydroxylation is 1. The summed E-state index contributed by atoms with van der Waals surface area (Å²) >= 11 is 0. The molecule has 1 aliphatic heterocycles. The predicted octanol–water partition coefficient (Wildman–Crippen LogP) is 2.74. The van der Waals surface area contributed by atoms with Crippen molar-refractivity contribution in [2.75, 3.05) is 204 Å². The van der Waals surface area contributed by atoms with Crippen LogP contribution in [0.25, 0.3) is 11.5 Å². The van der Waals surface area contributed by atoms with E-state index < -0.39 is 15.1 Å². The first kappa shape index (κ1) is 82.1. The Bertz CT molecular complexity index is 2740. The zero-order valence-corrected chi connectivity index (χ0v) is 57.2. The SMILES string of the molecule is CCCCC1=CC(CCOCCC(=O)NCCOCCNC(=O)CCOCCOCCOCCOCCN(CCOCCOCCOCCOCCC(=O)NCCOCCNC(=O)CCOCCn2cc(CCCC)nn2)C(=O)c2ccc(-c3nnc(S(C)(=O)=O)o3)cc2)N=N1. The van der Waals surface area contributed by atoms with Gasteiger partial charge in [-0.1, -0.05) is 37.0 Å². The Balaban J connectivity index is 0.932. The van der Waals surface area contributed by atoms with Gasteiger partial charge in [-0.25, -0.2) is 13.1 Å². The highest BCUT2D eigenvalue weighted by atomic mass is 32.2. The summed E-state index contributed by atoms with van der Waals surface area (Å²) in [6.45, 7) is 14.2. The summed E-state index contributed by atoms with van der Waals surface area (Å²) in [4.78, 5) is 63.7. The van der Waals surface area contributed by atoms with Crippen molar-refractivity contribution >= 4 is 39.4 Å². The van der Waals surface area contributed by atoms with Crippen molar-refractivity contribution in [1.82, 2.24) is 51.4 Å². The average molecular weight is 1380 g/mol. The lowest BCUT2D eigenvalue weighted by Crippen LogP contribution is -2.37. The second-order valence-corrected chi connectivity index (χ2v) is 23.6. The molecule has 1 aliphatic rings. The van der Waals surface area contributed by atoms with Crippen LogP contribution in [0.15, 0.2) is 62.1 Å². The first-order valence-corrected chi connectivity index (χ1v) is 35.2. The number of amides is 5. The van der Waals surface area contributed by atoms with Gasteiger partial charge in [-0.05, 0) is 62.4 Å². The van der Waals surface area contributed by atoms with E-state index in [1.807, 2.05) is 6.20 Å². The van der Waals surface area contributed by atoms with Gasteiger partial charge in [0, 0.05) is 95.1 Å². The van der Waals surface area contributed by atoms with Gasteiger partial charge < -0.3 is 87.4 Å². The highest BCUT2D eigenvalue weighted by Gasteiger charge is 2.20. The van der Waals surface area contributed by atoms with Crippen LogP contribution >= 0.6 is 0 Å². The lowest BCUT2D eigenvalue weighted by atomic mass is 10.1. The van der Waals surface area contributed by atoms with Gasteiger partial charge in [0.15, 0.2) is 0 Å². The van der Waals surface area contributed by atoms with Crippen molar-refractivity contribution in [3.63, 3.8) is 0 Å². The van der Waals surface area contributed by atoms with Gasteiger partial charge in [0.05, 0.1) is 176 Å². The number of nitrogens with one attached hydrogen (secondary N) is 4. The number of allylic oxidation sites excluding steroid dienone is 1. The molecule has 3 heterocycles. The smallest absolute Gasteiger partial charge is 0.335 e. The normalized spacial score (nSPS) is 12.9. The quantitative estimate of drug-likeness (QED) is 0.0590. The molecule has 96 heavy (non-hydrogen) atoms. The van der Waals surface area contributed by atoms with Crippen LogP contribution in [0.5, 0.6) is 0 Å². The fraction of sp³-hybridized carbons (Fsp3) is 0.730. The van der Waals surface area contributed by atoms with Crippen molar-refractivity contribution in [1.29, 1.82) is 0 Å². The fourth-order valence-corrected chi connectivity index (χ4v) is 8.85. The van der Waals surface area contributed by atoms with Gasteiger partial charge in [-0.3, -0.25) is 24.0 Å². The van der Waals surface area contributed by atoms with Crippen LogP contribution in [0.4, 0.5) is 0 Å². The van der Waals surface area contributed by atoms with Crippen LogP contribution < -0.4 is 21.3 Å². The van der Waals surface area contributed by atoms with E-state index in [1.165, 1.54) is 0 Å². The molecule has 0 radical (unpaired) electrons. The Morgan fingerprint density at radius 2 is 0.927 bits per heavy atom. The maximum absolute atomic E-state index is 13.7. The largest absolute Gasteiger partial charge is 0.408 e. The standard InChI is InChI=1S/C63H104N12O20S/c1-4-6-8-54-50-55(69-68-54)14-26-83-27-15-57(76)64-19-31-87-33-21-66-59(78)17-29-85-38-42-91-46-48-93-44-40-89-35-23-74(62(80)53-12-10-52(11-13-53)61-71-72-63(95-61)96(3,81)82)24-36-90-41-45-94-49-47-92-43-39-86-30-18-60(79)67-22-34-88-32-20-65-58(77)16-28-84-37-25-75-51-56(70-73-75)9-7-5-2/h10-13,50-51,55H,4-9,14-49H2,1-3H3,(H,64,76)(H,65,77)(H,66,78)(H,67,79). The number of nitrogens with zero attached hydrogens (tertiary/aromatic N) is 8. The number of hydrogen-bond acceptors (Lipinski definition) is 26. The maximum Gasteiger partial charge on any atom is 0.335 e. The number of benzene rings is 1. The Labute approximate surface area is 563 Å². The number of sulfone groups is 1. The fourth-order valence-electron chi connectivity index (χ4n) is 8.43. The van der Waals surface area contributed by atoms with Crippen LogP contribution in [0.3, 0.4) is 0 Å². The van der Waals surface area contributed by atoms with Crippen LogP contribution in [0, 0.1) is 0 Å². The summed E-state index contributed by atoms with van der Waals surface area (Å²) in [5, 5.41) is 34.7. The van der Waals surface area contributed by atoms with E-state index >= 15 is 0 Å². The third kappa shape index (κ3) is 41.0. The first-order chi connectivity index (χ1) is 46.8. The molecule has 0 fully saturated rings. The van der Waals surface area contributed by atoms with Crippen LogP contribution in [0.1, 0.15) is 94.1 Å². The number of hydrogen-bond donors (Lipinski definition) is 4. The van der Waals surface area contributed by atoms with E-state index in [9.17, 15) is 32.4 Å². The zero-order valence-electron chi connectivity index (χ0n) is 56.4. The summed E-state index contributed by atoms with van der Waals surface area (Å²) in [7, 11) is -3.70. The number of ether oxygens (including phenoxy) is 12. The molecular formula is C63H104N12O20S. The number of aromatic nitrogens is 5. The van der Waals surface area contributed by atoms with Crippen LogP contribution in [-0.4, -0.2) is 278 Å². The molecule has 1 atom stereocenters. The molecule has 0 spiro atoms. The summed E-state index contributed by atoms with van der Waals surface area (Å²) in [5.41, 5.74) is 2.82. The van der Waals surface area contributed by atoms with E-state index in [-0.39, 0.29) is 120 Å². The molecule has 542 valence electrons. The van der Waals surface area contributed by atoms with Gasteiger partial charge in [0.1, 0.15) is 0 Å². The number of azo groups is 1. The van der Waals surface area contributed by atoms with Crippen molar-refractivity contribution in [3.8, 4) is 11.5 Å². The molecule has 4 N–H and O–H groups in total. The minimum Gasteiger partial charge on any atom is -0.408 e. The number of rotatable bonds is 63. The van der Waals surface area contributed by atoms with Gasteiger partial charge >= 0.3 is 5.22 Å². The zero-order chi connectivity index (χ0) is 68.8. The molecule has 1 unspecified atom stereocenters. The minimum absolute atomic E-state index is 0.00515. The van der Waals surface area contributed by atoms with E-state index in [4.69, 9.17) is 61.3 Å². The van der Waals surface area contributed by atoms with Crippen molar-refractivity contribution in [2.45, 2.75) is 102 Å². The van der Waals surface area contributed by atoms with Gasteiger partial charge in [-0.2, -0.15) is 10.2 Å². The molecular weight excluding hydrogens is 1280 g/mol. The molecule has 1 aromatic carbocycles. The average Bonchev–Trinajstić information content (AvgIpc) is 1.83. The Kier molecular flexibility index (Phi) is 45.9. The molecule has 0 saturated carbocycles. The van der Waals surface area contributed by atoms with E-state index in [0.29, 0.717) is 163 Å². The van der Waals surface area contributed by atoms with Crippen molar-refractivity contribution in [2.24, 2.45) is 10.2 Å². The molecule has 0 saturated heterocycles. The van der Waals surface area contributed by atoms with E-state index in [0.717, 1.165) is 62.6 Å². The van der Waals surface area contributed by atoms with Crippen LogP contribution in [-0.2, 0) is 98.8 Å². The summed E-state index contributed by atoms with van der Waals surface area (Å²) in [5.74, 6) is -0.867. The molecule has 5 amide bonds. The molecule has 2 aromatic heterocycles. The van der Waals surface area contributed by atoms with Crippen molar-refractivity contribution in [3.05, 3.63) is 53.5 Å². The molecule has 33 heteroatoms. The van der Waals surface area contributed by atoms with Crippen molar-refractivity contribution < 1.29 is 93.6 Å². The highest BCUT2D eigenvalue weighted by Crippen LogP contribution is 2.22. The summed E-state index contributed by atoms with van der Waals surface area (Å²) in [6.07, 6.45) is 12.9. The Morgan fingerprint density at radius 3 is 1.38 bits per heavy atom. The van der Waals surface area contributed by atoms with E-state index in [2.05, 4.69) is 71.9 Å². The third-order valence-corrected chi connectivity index (χ3v) is 14.5. The Morgan fingerprint density at radius 1 is 0.510 bits per heavy atom. The monoisotopic (exact) mass is 1380 g/mol. The van der Waals surface area contributed by atoms with Gasteiger partial charge in [-0.15, -0.1) is 10.2 Å². The number of carbonyl (C=O) groups excluding carboxylic acids is 5. The number of carbonyl (C=O) groups is 5. The minimum atomic E-state index is -3.70. The molecule has 0 aliphatic carbocycles. The molecule has 3 aromatic rings. The topological polar surface area (TPSA) is 376 Å². The second kappa shape index (κ2) is 53.7. The summed E-state index contributed by atoms with van der Waals surface area (Å²) in [6, 6.07) is 6.40. The van der Waals surface area contributed by atoms with Crippen LogP contribution in [0.2, 0.25) is 0 Å². The second-order valence-electron chi connectivity index (χ2n) is 21.7. The summed E-state index contributed by atoms with van der Waals surface area (Å²) < 4.78 is 97.8. The predicted molar refractivity (Wildman–Crippen MR) is 349 cm³/mol. The maximum atomic E-state index is 13.7. The highest BCUT2D eigenvalue weighted by molar-refractivity contribution is 7.90. The number of unbranched alkanes of at least 4 members (excludes halogenated alkanes) is 2. The third-order valence-electron chi connectivity index (χ3n) is 13.7. The van der Waals surface area contributed by atoms with Gasteiger partial charge in [0.2, 0.25) is 39.4 Å². The first-order valence-electron chi connectivity index (χ1n) is 33.3.